The third-order valence-electron chi connectivity index (χ3n) is 5.36. The van der Waals surface area contributed by atoms with Crippen LogP contribution in [0.2, 0.25) is 0 Å². The molecule has 2 heterocycles. The highest BCUT2D eigenvalue weighted by atomic mass is 16.5. The number of carbonyl (C=O) groups is 1. The Bertz CT molecular complexity index is 1090. The van der Waals surface area contributed by atoms with E-state index in [0.717, 1.165) is 52.9 Å². The van der Waals surface area contributed by atoms with Crippen LogP contribution in [-0.2, 0) is 22.5 Å². The molecule has 0 bridgehead atoms. The number of oxime groups is 1. The number of nitrogens with one attached hydrogen (secondary N) is 1. The molecule has 2 aromatic heterocycles. The lowest BCUT2D eigenvalue weighted by Gasteiger charge is -2.06. The molecule has 0 unspecified atom stereocenters. The molecule has 2 N–H and O–H groups in total. The number of ether oxygens (including phenoxy) is 1. The number of carbonyl (C=O) groups excluding carboxylic acids is 1. The Balaban J connectivity index is 1.59. The monoisotopic (exact) mass is 419 g/mol. The van der Waals surface area contributed by atoms with E-state index in [2.05, 4.69) is 21.5 Å². The minimum atomic E-state index is -0.120. The second-order valence-corrected chi connectivity index (χ2v) is 7.45. The second kappa shape index (κ2) is 9.53. The van der Waals surface area contributed by atoms with E-state index < -0.39 is 0 Å². The molecular formula is C23H25N5O3. The molecule has 31 heavy (non-hydrogen) atoms. The van der Waals surface area contributed by atoms with E-state index in [1.165, 1.54) is 12.7 Å². The molecule has 0 fully saturated rings. The lowest BCUT2D eigenvalue weighted by atomic mass is 9.98. The largest absolute Gasteiger partial charge is 0.411 e. The number of fused-ring (bicyclic) bond motifs is 1. The summed E-state index contributed by atoms with van der Waals surface area (Å²) in [5.41, 5.74) is 6.92. The fourth-order valence-electron chi connectivity index (χ4n) is 3.86. The molecule has 1 aliphatic rings. The quantitative estimate of drug-likeness (QED) is 0.332. The zero-order chi connectivity index (χ0) is 21.6. The summed E-state index contributed by atoms with van der Waals surface area (Å²) in [6, 6.07) is 10.1. The maximum absolute atomic E-state index is 11.5. The van der Waals surface area contributed by atoms with Crippen molar-refractivity contribution >= 4 is 11.6 Å². The normalized spacial score (nSPS) is 14.0. The highest BCUT2D eigenvalue weighted by molar-refractivity contribution is 6.04. The molecule has 8 heteroatoms. The molecule has 1 amide bonds. The summed E-state index contributed by atoms with van der Waals surface area (Å²) in [6.45, 7) is 1.31. The van der Waals surface area contributed by atoms with Crippen molar-refractivity contribution in [3.8, 4) is 22.4 Å². The Morgan fingerprint density at radius 2 is 2.03 bits per heavy atom. The number of rotatable bonds is 8. The van der Waals surface area contributed by atoms with Crippen LogP contribution in [0.4, 0.5) is 0 Å². The van der Waals surface area contributed by atoms with Gasteiger partial charge in [0, 0.05) is 55.5 Å². The third-order valence-corrected chi connectivity index (χ3v) is 5.36. The van der Waals surface area contributed by atoms with E-state index in [4.69, 9.17) is 9.84 Å². The molecule has 1 aromatic carbocycles. The van der Waals surface area contributed by atoms with Gasteiger partial charge in [-0.05, 0) is 42.5 Å². The second-order valence-electron chi connectivity index (χ2n) is 7.45. The van der Waals surface area contributed by atoms with E-state index >= 15 is 0 Å². The number of methoxy groups -OCH3 is 1. The highest BCUT2D eigenvalue weighted by Gasteiger charge is 2.20. The summed E-state index contributed by atoms with van der Waals surface area (Å²) in [7, 11) is 1.50. The van der Waals surface area contributed by atoms with E-state index in [-0.39, 0.29) is 12.5 Å². The van der Waals surface area contributed by atoms with Crippen molar-refractivity contribution in [2.75, 3.05) is 20.3 Å². The first-order valence-electron chi connectivity index (χ1n) is 10.3. The molecule has 0 radical (unpaired) electrons. The Kier molecular flexibility index (Phi) is 6.37. The molecule has 4 rings (SSSR count). The van der Waals surface area contributed by atoms with E-state index in [9.17, 15) is 10.0 Å². The maximum Gasteiger partial charge on any atom is 0.245 e. The van der Waals surface area contributed by atoms with Crippen LogP contribution in [-0.4, -0.2) is 51.9 Å². The minimum Gasteiger partial charge on any atom is -0.411 e. The summed E-state index contributed by atoms with van der Waals surface area (Å²) < 4.78 is 6.74. The van der Waals surface area contributed by atoms with Crippen LogP contribution in [0.3, 0.4) is 0 Å². The minimum absolute atomic E-state index is 0.0686. The number of hydrogen-bond acceptors (Lipinski definition) is 6. The average Bonchev–Trinajstić information content (AvgIpc) is 3.41. The van der Waals surface area contributed by atoms with Crippen LogP contribution in [0.5, 0.6) is 0 Å². The van der Waals surface area contributed by atoms with Gasteiger partial charge in [-0.15, -0.1) is 0 Å². The fraction of sp³-hybridized carbons (Fsp3) is 0.304. The van der Waals surface area contributed by atoms with Crippen molar-refractivity contribution in [2.24, 2.45) is 5.16 Å². The van der Waals surface area contributed by atoms with Crippen LogP contribution in [0, 0.1) is 0 Å². The van der Waals surface area contributed by atoms with Crippen molar-refractivity contribution in [1.82, 2.24) is 20.1 Å². The molecule has 0 atom stereocenters. The molecule has 0 saturated carbocycles. The summed E-state index contributed by atoms with van der Waals surface area (Å²) in [5.74, 6) is -0.120. The molecule has 8 nitrogen and oxygen atoms in total. The van der Waals surface area contributed by atoms with Gasteiger partial charge in [-0.3, -0.25) is 14.5 Å². The van der Waals surface area contributed by atoms with Crippen molar-refractivity contribution in [1.29, 1.82) is 0 Å². The first kappa shape index (κ1) is 20.7. The third kappa shape index (κ3) is 4.64. The predicted octanol–water partition coefficient (Wildman–Crippen LogP) is 2.89. The lowest BCUT2D eigenvalue weighted by Crippen LogP contribution is -2.28. The first-order chi connectivity index (χ1) is 15.2. The molecule has 1 aliphatic carbocycles. The molecular weight excluding hydrogens is 394 g/mol. The lowest BCUT2D eigenvalue weighted by molar-refractivity contribution is -0.124. The Morgan fingerprint density at radius 3 is 2.81 bits per heavy atom. The number of aromatic nitrogens is 3. The molecule has 0 aliphatic heterocycles. The van der Waals surface area contributed by atoms with Crippen LogP contribution < -0.4 is 5.32 Å². The average molecular weight is 419 g/mol. The Hall–Kier alpha value is -3.52. The highest BCUT2D eigenvalue weighted by Crippen LogP contribution is 2.34. The van der Waals surface area contributed by atoms with Gasteiger partial charge in [0.15, 0.2) is 0 Å². The number of nitrogens with zero attached hydrogens (tertiary/aromatic N) is 4. The maximum atomic E-state index is 11.5. The van der Waals surface area contributed by atoms with Gasteiger partial charge in [-0.25, -0.2) is 0 Å². The number of aryl methyl sites for hydroxylation is 2. The molecule has 0 spiro atoms. The molecule has 160 valence electrons. The summed E-state index contributed by atoms with van der Waals surface area (Å²) in [4.78, 5) is 15.6. The zero-order valence-corrected chi connectivity index (χ0v) is 17.4. The summed E-state index contributed by atoms with van der Waals surface area (Å²) in [5, 5.41) is 20.3. The smallest absolute Gasteiger partial charge is 0.245 e. The van der Waals surface area contributed by atoms with Gasteiger partial charge in [-0.1, -0.05) is 23.4 Å². The number of hydrogen-bond donors (Lipinski definition) is 2. The van der Waals surface area contributed by atoms with Crippen molar-refractivity contribution in [3.05, 3.63) is 60.0 Å². The Labute approximate surface area is 180 Å². The van der Waals surface area contributed by atoms with Crippen LogP contribution >= 0.6 is 0 Å². The zero-order valence-electron chi connectivity index (χ0n) is 17.4. The molecule has 0 saturated heterocycles. The van der Waals surface area contributed by atoms with E-state index in [1.54, 1.807) is 12.4 Å². The standard InChI is InChI=1S/C23H25N5O3/c1-31-15-22(29)25-9-2-12-28-14-20(23(26-28)16-7-10-24-11-8-16)18-3-5-19-17(13-18)4-6-21(19)27-30/h3,5,7-8,10-11,13-14,30H,2,4,6,9,12,15H2,1H3,(H,25,29). The van der Waals surface area contributed by atoms with Crippen molar-refractivity contribution in [3.63, 3.8) is 0 Å². The predicted molar refractivity (Wildman–Crippen MR) is 117 cm³/mol. The number of amides is 1. The van der Waals surface area contributed by atoms with Crippen LogP contribution in [0.25, 0.3) is 22.4 Å². The SMILES string of the molecule is COCC(=O)NCCCn1cc(-c2ccc3c(c2)CCC3=NO)c(-c2ccncc2)n1. The van der Waals surface area contributed by atoms with Gasteiger partial charge in [0.2, 0.25) is 5.91 Å². The topological polar surface area (TPSA) is 102 Å². The van der Waals surface area contributed by atoms with Crippen molar-refractivity contribution < 1.29 is 14.7 Å². The van der Waals surface area contributed by atoms with Crippen LogP contribution in [0.1, 0.15) is 24.0 Å². The Morgan fingerprint density at radius 1 is 1.19 bits per heavy atom. The van der Waals surface area contributed by atoms with Crippen molar-refractivity contribution in [2.45, 2.75) is 25.8 Å². The fourth-order valence-corrected chi connectivity index (χ4v) is 3.86. The van der Waals surface area contributed by atoms with Gasteiger partial charge in [0.25, 0.3) is 0 Å². The number of pyridine rings is 1. The van der Waals surface area contributed by atoms with Gasteiger partial charge in [0.05, 0.1) is 5.71 Å². The van der Waals surface area contributed by atoms with Gasteiger partial charge < -0.3 is 15.3 Å². The van der Waals surface area contributed by atoms with Gasteiger partial charge in [0.1, 0.15) is 12.3 Å². The molecule has 3 aromatic rings. The summed E-state index contributed by atoms with van der Waals surface area (Å²) >= 11 is 0. The van der Waals surface area contributed by atoms with Crippen LogP contribution in [0.15, 0.2) is 54.1 Å². The van der Waals surface area contributed by atoms with E-state index in [1.807, 2.05) is 35.1 Å². The van der Waals surface area contributed by atoms with Gasteiger partial charge in [-0.2, -0.15) is 5.10 Å². The summed E-state index contributed by atoms with van der Waals surface area (Å²) in [6.07, 6.45) is 7.94. The van der Waals surface area contributed by atoms with E-state index in [0.29, 0.717) is 13.1 Å². The van der Waals surface area contributed by atoms with Gasteiger partial charge >= 0.3 is 0 Å². The number of benzene rings is 1. The first-order valence-corrected chi connectivity index (χ1v) is 10.3.